The summed E-state index contributed by atoms with van der Waals surface area (Å²) in [5.41, 5.74) is 1.23. The van der Waals surface area contributed by atoms with E-state index in [2.05, 4.69) is 40.8 Å². The van der Waals surface area contributed by atoms with Crippen molar-refractivity contribution in [3.8, 4) is 5.75 Å². The lowest BCUT2D eigenvalue weighted by molar-refractivity contribution is 0.245. The number of ether oxygens (including phenoxy) is 1. The van der Waals surface area contributed by atoms with E-state index in [1.54, 1.807) is 7.11 Å². The molecule has 1 heterocycles. The van der Waals surface area contributed by atoms with E-state index in [-0.39, 0.29) is 6.04 Å². The van der Waals surface area contributed by atoms with Gasteiger partial charge in [-0.2, -0.15) is 11.8 Å². The van der Waals surface area contributed by atoms with Gasteiger partial charge in [0.25, 0.3) is 0 Å². The number of nitrogens with one attached hydrogen (secondary N) is 2. The fourth-order valence-electron chi connectivity index (χ4n) is 3.20. The van der Waals surface area contributed by atoms with E-state index >= 15 is 0 Å². The van der Waals surface area contributed by atoms with Crippen LogP contribution in [0.5, 0.6) is 5.75 Å². The lowest BCUT2D eigenvalue weighted by Crippen LogP contribution is -2.39. The van der Waals surface area contributed by atoms with Crippen LogP contribution in [0.1, 0.15) is 31.4 Å². The number of hydrogen-bond donors (Lipinski definition) is 2. The Labute approximate surface area is 156 Å². The molecule has 1 atom stereocenters. The van der Waals surface area contributed by atoms with Crippen LogP contribution in [0.2, 0.25) is 0 Å². The van der Waals surface area contributed by atoms with Crippen molar-refractivity contribution >= 4 is 17.7 Å². The monoisotopic (exact) mass is 364 g/mol. The Kier molecular flexibility index (Phi) is 8.97. The Morgan fingerprint density at radius 2 is 2.04 bits per heavy atom. The van der Waals surface area contributed by atoms with Crippen LogP contribution in [-0.2, 0) is 0 Å². The van der Waals surface area contributed by atoms with Crippen LogP contribution in [0.4, 0.5) is 0 Å². The molecule has 1 saturated heterocycles. The molecular formula is C19H32N4OS. The molecule has 6 heteroatoms. The molecule has 0 aliphatic carbocycles. The number of para-hydroxylation sites is 1. The number of likely N-dealkylation sites (tertiary alicyclic amines) is 1. The number of thioether (sulfide) groups is 1. The molecule has 25 heavy (non-hydrogen) atoms. The number of aliphatic imine (C=N–C) groups is 1. The van der Waals surface area contributed by atoms with Crippen molar-refractivity contribution in [3.05, 3.63) is 29.8 Å². The van der Waals surface area contributed by atoms with Gasteiger partial charge in [-0.3, -0.25) is 9.89 Å². The maximum absolute atomic E-state index is 5.61. The summed E-state index contributed by atoms with van der Waals surface area (Å²) in [5, 5.41) is 6.76. The first-order valence-electron chi connectivity index (χ1n) is 9.18. The molecule has 5 nitrogen and oxygen atoms in total. The van der Waals surface area contributed by atoms with E-state index in [1.165, 1.54) is 18.4 Å². The average molecular weight is 365 g/mol. The third-order valence-corrected chi connectivity index (χ3v) is 5.06. The van der Waals surface area contributed by atoms with Crippen molar-refractivity contribution in [1.29, 1.82) is 0 Å². The van der Waals surface area contributed by atoms with Gasteiger partial charge in [-0.15, -0.1) is 0 Å². The molecule has 2 rings (SSSR count). The number of guanidine groups is 1. The van der Waals surface area contributed by atoms with Crippen LogP contribution in [0, 0.1) is 0 Å². The summed E-state index contributed by atoms with van der Waals surface area (Å²) in [6, 6.07) is 8.59. The van der Waals surface area contributed by atoms with Gasteiger partial charge in [0, 0.05) is 24.4 Å². The van der Waals surface area contributed by atoms with Gasteiger partial charge < -0.3 is 15.4 Å². The van der Waals surface area contributed by atoms with Crippen molar-refractivity contribution in [1.82, 2.24) is 15.5 Å². The summed E-state index contributed by atoms with van der Waals surface area (Å²) >= 11 is 1.84. The van der Waals surface area contributed by atoms with Gasteiger partial charge in [0.2, 0.25) is 0 Å². The van der Waals surface area contributed by atoms with E-state index in [0.717, 1.165) is 50.2 Å². The first-order valence-corrected chi connectivity index (χ1v) is 10.6. The third kappa shape index (κ3) is 6.12. The molecule has 1 aromatic rings. The smallest absolute Gasteiger partial charge is 0.191 e. The third-order valence-electron chi connectivity index (χ3n) is 4.44. The van der Waals surface area contributed by atoms with Crippen molar-refractivity contribution < 1.29 is 4.74 Å². The van der Waals surface area contributed by atoms with Gasteiger partial charge in [-0.1, -0.05) is 18.2 Å². The molecule has 0 spiro atoms. The standard InChI is InChI=1S/C19H32N4OS/c1-4-20-19(21-11-14-25-3)22-15-17(23-12-7-8-13-23)16-9-5-6-10-18(16)24-2/h5-6,9-10,17H,4,7-8,11-15H2,1-3H3,(H2,20,21,22). The van der Waals surface area contributed by atoms with Crippen molar-refractivity contribution in [2.75, 3.05) is 51.8 Å². The highest BCUT2D eigenvalue weighted by Crippen LogP contribution is 2.31. The zero-order chi connectivity index (χ0) is 17.9. The largest absolute Gasteiger partial charge is 0.496 e. The Morgan fingerprint density at radius 3 is 2.72 bits per heavy atom. The highest BCUT2D eigenvalue weighted by molar-refractivity contribution is 7.98. The summed E-state index contributed by atoms with van der Waals surface area (Å²) in [5.74, 6) is 2.93. The molecule has 0 aromatic heterocycles. The zero-order valence-electron chi connectivity index (χ0n) is 15.8. The van der Waals surface area contributed by atoms with E-state index in [4.69, 9.17) is 9.73 Å². The van der Waals surface area contributed by atoms with Crippen LogP contribution < -0.4 is 15.4 Å². The Bertz CT molecular complexity index is 532. The van der Waals surface area contributed by atoms with Crippen LogP contribution in [0.3, 0.4) is 0 Å². The molecular weight excluding hydrogens is 332 g/mol. The first-order chi connectivity index (χ1) is 12.3. The minimum Gasteiger partial charge on any atom is -0.496 e. The fraction of sp³-hybridized carbons (Fsp3) is 0.632. The number of rotatable bonds is 9. The molecule has 140 valence electrons. The van der Waals surface area contributed by atoms with Crippen LogP contribution in [0.25, 0.3) is 0 Å². The fourth-order valence-corrected chi connectivity index (χ4v) is 3.50. The zero-order valence-corrected chi connectivity index (χ0v) is 16.6. The second-order valence-electron chi connectivity index (χ2n) is 6.14. The average Bonchev–Trinajstić information content (AvgIpc) is 3.17. The topological polar surface area (TPSA) is 48.9 Å². The van der Waals surface area contributed by atoms with Crippen LogP contribution in [0.15, 0.2) is 29.3 Å². The van der Waals surface area contributed by atoms with Crippen molar-refractivity contribution in [3.63, 3.8) is 0 Å². The first kappa shape index (κ1) is 19.9. The molecule has 0 bridgehead atoms. The Hall–Kier alpha value is -1.40. The van der Waals surface area contributed by atoms with Crippen LogP contribution >= 0.6 is 11.8 Å². The summed E-state index contributed by atoms with van der Waals surface area (Å²) in [6.45, 7) is 6.90. The molecule has 1 aliphatic heterocycles. The van der Waals surface area contributed by atoms with Crippen molar-refractivity contribution in [2.24, 2.45) is 4.99 Å². The quantitative estimate of drug-likeness (QED) is 0.401. The number of benzene rings is 1. The number of methoxy groups -OCH3 is 1. The molecule has 1 aliphatic rings. The summed E-state index contributed by atoms with van der Waals surface area (Å²) in [7, 11) is 1.75. The van der Waals surface area contributed by atoms with Gasteiger partial charge in [0.15, 0.2) is 5.96 Å². The SMILES string of the molecule is CCNC(=NCC(c1ccccc1OC)N1CCCC1)NCCSC. The molecule has 0 amide bonds. The molecule has 2 N–H and O–H groups in total. The second-order valence-corrected chi connectivity index (χ2v) is 7.13. The van der Waals surface area contributed by atoms with Gasteiger partial charge in [0.1, 0.15) is 5.75 Å². The Balaban J connectivity index is 2.15. The molecule has 0 radical (unpaired) electrons. The van der Waals surface area contributed by atoms with Gasteiger partial charge in [-0.05, 0) is 45.2 Å². The Morgan fingerprint density at radius 1 is 1.28 bits per heavy atom. The van der Waals surface area contributed by atoms with Crippen LogP contribution in [-0.4, -0.2) is 62.7 Å². The lowest BCUT2D eigenvalue weighted by Gasteiger charge is -2.28. The molecule has 1 aromatic carbocycles. The predicted octanol–water partition coefficient (Wildman–Crippen LogP) is 2.75. The number of hydrogen-bond acceptors (Lipinski definition) is 4. The summed E-state index contributed by atoms with van der Waals surface area (Å²) in [6.07, 6.45) is 4.65. The van der Waals surface area contributed by atoms with Gasteiger partial charge in [-0.25, -0.2) is 0 Å². The second kappa shape index (κ2) is 11.3. The van der Waals surface area contributed by atoms with Gasteiger partial charge in [0.05, 0.1) is 19.7 Å². The maximum Gasteiger partial charge on any atom is 0.191 e. The molecule has 1 fully saturated rings. The predicted molar refractivity (Wildman–Crippen MR) is 109 cm³/mol. The van der Waals surface area contributed by atoms with E-state index in [1.807, 2.05) is 23.9 Å². The summed E-state index contributed by atoms with van der Waals surface area (Å²) in [4.78, 5) is 7.40. The lowest BCUT2D eigenvalue weighted by atomic mass is 10.0. The number of nitrogens with zero attached hydrogens (tertiary/aromatic N) is 2. The minimum atomic E-state index is 0.259. The van der Waals surface area contributed by atoms with E-state index < -0.39 is 0 Å². The highest BCUT2D eigenvalue weighted by Gasteiger charge is 2.25. The van der Waals surface area contributed by atoms with Crippen molar-refractivity contribution in [2.45, 2.75) is 25.8 Å². The normalized spacial score (nSPS) is 16.7. The minimum absolute atomic E-state index is 0.259. The van der Waals surface area contributed by atoms with Gasteiger partial charge >= 0.3 is 0 Å². The maximum atomic E-state index is 5.61. The summed E-state index contributed by atoms with van der Waals surface area (Å²) < 4.78 is 5.61. The molecule has 0 saturated carbocycles. The van der Waals surface area contributed by atoms with E-state index in [0.29, 0.717) is 0 Å². The van der Waals surface area contributed by atoms with E-state index in [9.17, 15) is 0 Å². The molecule has 1 unspecified atom stereocenters. The highest BCUT2D eigenvalue weighted by atomic mass is 32.2.